The predicted molar refractivity (Wildman–Crippen MR) is 237 cm³/mol. The van der Waals surface area contributed by atoms with Gasteiger partial charge in [-0.1, -0.05) is 72.8 Å². The van der Waals surface area contributed by atoms with Crippen molar-refractivity contribution in [2.45, 2.75) is 37.8 Å². The van der Waals surface area contributed by atoms with E-state index in [0.717, 1.165) is 55.4 Å². The number of nitrogens with one attached hydrogen (secondary N) is 4. The standard InChI is InChI=1S/C49H48N6O5/c1-5-59-43-25-23-31(27-52-43)47(54-39-19-11-13-21-41(39)57-3)45(35-29-50-37-17-9-7-15-33(35)37)49(56)46(36-30-51-38-18-10-8-16-34(36)38)48(32-24-26-44(53-28-32)60-6-2)55-40-20-12-14-22-42(40)58-4/h7-30,45-48,50-51,54-55H,5-6H2,1-4H3. The number of carbonyl (C=O) groups is 1. The van der Waals surface area contributed by atoms with Crippen LogP contribution in [0.4, 0.5) is 11.4 Å². The van der Waals surface area contributed by atoms with Crippen LogP contribution in [0.3, 0.4) is 0 Å². The molecule has 0 aliphatic rings. The third-order valence-electron chi connectivity index (χ3n) is 10.8. The number of ether oxygens (including phenoxy) is 4. The molecule has 0 spiro atoms. The normalized spacial score (nSPS) is 13.3. The minimum atomic E-state index is -0.818. The number of aromatic amines is 2. The van der Waals surface area contributed by atoms with Crippen molar-refractivity contribution in [3.05, 3.63) is 168 Å². The lowest BCUT2D eigenvalue weighted by molar-refractivity contribution is -0.122. The molecule has 0 fully saturated rings. The van der Waals surface area contributed by atoms with E-state index in [1.165, 1.54) is 0 Å². The molecule has 4 aromatic heterocycles. The first-order valence-electron chi connectivity index (χ1n) is 20.1. The number of pyridine rings is 2. The van der Waals surface area contributed by atoms with Gasteiger partial charge < -0.3 is 39.5 Å². The summed E-state index contributed by atoms with van der Waals surface area (Å²) in [7, 11) is 3.28. The number of hydrogen-bond acceptors (Lipinski definition) is 9. The second kappa shape index (κ2) is 18.1. The molecule has 0 saturated carbocycles. The quantitative estimate of drug-likeness (QED) is 0.0669. The lowest BCUT2D eigenvalue weighted by Gasteiger charge is -2.35. The van der Waals surface area contributed by atoms with Crippen molar-refractivity contribution in [3.8, 4) is 23.3 Å². The van der Waals surface area contributed by atoms with Crippen LogP contribution in [-0.4, -0.2) is 53.2 Å². The molecule has 4 unspecified atom stereocenters. The molecule has 8 aromatic rings. The minimum Gasteiger partial charge on any atom is -0.495 e. The van der Waals surface area contributed by atoms with E-state index < -0.39 is 23.9 Å². The van der Waals surface area contributed by atoms with E-state index in [-0.39, 0.29) is 5.78 Å². The van der Waals surface area contributed by atoms with Gasteiger partial charge in [-0.25, -0.2) is 9.97 Å². The summed E-state index contributed by atoms with van der Waals surface area (Å²) in [6.45, 7) is 4.79. The van der Waals surface area contributed by atoms with Gasteiger partial charge >= 0.3 is 0 Å². The Hall–Kier alpha value is -7.27. The van der Waals surface area contributed by atoms with Crippen molar-refractivity contribution in [2.75, 3.05) is 38.1 Å². The SMILES string of the molecule is CCOc1ccc(C(Nc2ccccc2OC)C(C(=O)C(c2c[nH]c3ccccc23)C(Nc2ccccc2OC)c2ccc(OCC)nc2)c2c[nH]c3ccccc23)cn1. The highest BCUT2D eigenvalue weighted by molar-refractivity contribution is 6.01. The van der Waals surface area contributed by atoms with E-state index in [9.17, 15) is 0 Å². The Balaban J connectivity index is 1.40. The Bertz CT molecular complexity index is 2490. The Morgan fingerprint density at radius 3 is 1.38 bits per heavy atom. The van der Waals surface area contributed by atoms with Crippen LogP contribution in [0.5, 0.6) is 23.3 Å². The number of fused-ring (bicyclic) bond motifs is 2. The number of methoxy groups -OCH3 is 2. The van der Waals surface area contributed by atoms with Crippen LogP contribution < -0.4 is 29.6 Å². The molecular weight excluding hydrogens is 753 g/mol. The molecule has 0 bridgehead atoms. The van der Waals surface area contributed by atoms with Crippen molar-refractivity contribution in [1.29, 1.82) is 0 Å². The van der Waals surface area contributed by atoms with E-state index in [4.69, 9.17) is 28.9 Å². The molecule has 0 aliphatic heterocycles. The average Bonchev–Trinajstić information content (AvgIpc) is 3.92. The summed E-state index contributed by atoms with van der Waals surface area (Å²) in [6.07, 6.45) is 7.49. The summed E-state index contributed by atoms with van der Waals surface area (Å²) in [6, 6.07) is 37.9. The summed E-state index contributed by atoms with van der Waals surface area (Å²) in [4.78, 5) is 33.1. The predicted octanol–water partition coefficient (Wildman–Crippen LogP) is 10.4. The molecule has 11 nitrogen and oxygen atoms in total. The molecule has 60 heavy (non-hydrogen) atoms. The largest absolute Gasteiger partial charge is 0.495 e. The minimum absolute atomic E-state index is 0.0629. The van der Waals surface area contributed by atoms with Crippen LogP contribution in [0.1, 0.15) is 60.0 Å². The van der Waals surface area contributed by atoms with E-state index in [1.807, 2.05) is 135 Å². The van der Waals surface area contributed by atoms with E-state index in [1.54, 1.807) is 26.6 Å². The first-order valence-corrected chi connectivity index (χ1v) is 20.1. The summed E-state index contributed by atoms with van der Waals surface area (Å²) >= 11 is 0. The third-order valence-corrected chi connectivity index (χ3v) is 10.8. The molecule has 0 amide bonds. The van der Waals surface area contributed by atoms with Crippen LogP contribution in [0.2, 0.25) is 0 Å². The Morgan fingerprint density at radius 1 is 0.567 bits per heavy atom. The van der Waals surface area contributed by atoms with Gasteiger partial charge in [-0.05, 0) is 72.5 Å². The van der Waals surface area contributed by atoms with Crippen LogP contribution in [0.25, 0.3) is 21.8 Å². The van der Waals surface area contributed by atoms with Crippen molar-refractivity contribution < 1.29 is 23.7 Å². The highest BCUT2D eigenvalue weighted by Gasteiger charge is 2.43. The summed E-state index contributed by atoms with van der Waals surface area (Å²) < 4.78 is 23.3. The number of benzene rings is 4. The monoisotopic (exact) mass is 800 g/mol. The van der Waals surface area contributed by atoms with E-state index in [0.29, 0.717) is 36.5 Å². The maximum Gasteiger partial charge on any atom is 0.213 e. The first-order chi connectivity index (χ1) is 29.5. The number of aromatic nitrogens is 4. The maximum atomic E-state index is 16.7. The summed E-state index contributed by atoms with van der Waals surface area (Å²) in [5.41, 5.74) is 6.47. The first kappa shape index (κ1) is 39.6. The highest BCUT2D eigenvalue weighted by atomic mass is 16.5. The zero-order chi connectivity index (χ0) is 41.4. The third kappa shape index (κ3) is 8.06. The lowest BCUT2D eigenvalue weighted by Crippen LogP contribution is -2.34. The molecule has 0 aliphatic carbocycles. The molecular formula is C49H48N6O5. The number of hydrogen-bond donors (Lipinski definition) is 4. The molecule has 11 heteroatoms. The Kier molecular flexibility index (Phi) is 11.9. The number of anilines is 2. The van der Waals surface area contributed by atoms with Crippen LogP contribution in [0, 0.1) is 0 Å². The fourth-order valence-corrected chi connectivity index (χ4v) is 8.09. The smallest absolute Gasteiger partial charge is 0.213 e. The average molecular weight is 801 g/mol. The van der Waals surface area contributed by atoms with Gasteiger partial charge in [0.25, 0.3) is 0 Å². The van der Waals surface area contributed by atoms with Crippen LogP contribution in [-0.2, 0) is 4.79 Å². The lowest BCUT2D eigenvalue weighted by atomic mass is 9.73. The van der Waals surface area contributed by atoms with Gasteiger partial charge in [0.1, 0.15) is 11.5 Å². The molecule has 0 saturated heterocycles. The van der Waals surface area contributed by atoms with Gasteiger partial charge in [0.2, 0.25) is 11.8 Å². The zero-order valence-corrected chi connectivity index (χ0v) is 34.0. The van der Waals surface area contributed by atoms with E-state index >= 15 is 4.79 Å². The van der Waals surface area contributed by atoms with Crippen LogP contribution >= 0.6 is 0 Å². The summed E-state index contributed by atoms with van der Waals surface area (Å²) in [5, 5.41) is 9.43. The van der Waals surface area contributed by atoms with Gasteiger partial charge in [0, 0.05) is 58.7 Å². The second-order valence-corrected chi connectivity index (χ2v) is 14.3. The van der Waals surface area contributed by atoms with Crippen molar-refractivity contribution in [2.24, 2.45) is 0 Å². The topological polar surface area (TPSA) is 135 Å². The van der Waals surface area contributed by atoms with Crippen molar-refractivity contribution in [3.63, 3.8) is 0 Å². The second-order valence-electron chi connectivity index (χ2n) is 14.3. The molecule has 4 aromatic carbocycles. The Morgan fingerprint density at radius 2 is 0.983 bits per heavy atom. The van der Waals surface area contributed by atoms with Gasteiger partial charge in [-0.3, -0.25) is 4.79 Å². The van der Waals surface area contributed by atoms with Crippen LogP contribution in [0.15, 0.2) is 146 Å². The highest BCUT2D eigenvalue weighted by Crippen LogP contribution is 2.48. The number of rotatable bonds is 18. The molecule has 8 rings (SSSR count). The number of Topliss-reactive ketones (excluding diaryl/α,β-unsaturated/α-hetero) is 1. The summed E-state index contributed by atoms with van der Waals surface area (Å²) in [5.74, 6) is 0.559. The fraction of sp³-hybridized carbons (Fsp3) is 0.204. The van der Waals surface area contributed by atoms with Gasteiger partial charge in [0.15, 0.2) is 5.78 Å². The number of carbonyl (C=O) groups excluding carboxylic acids is 1. The Labute approximate surface area is 349 Å². The van der Waals surface area contributed by atoms with Gasteiger partial charge in [0.05, 0.1) is 62.7 Å². The maximum absolute atomic E-state index is 16.7. The van der Waals surface area contributed by atoms with Crippen molar-refractivity contribution in [1.82, 2.24) is 19.9 Å². The number of H-pyrrole nitrogens is 2. The number of ketones is 1. The molecule has 4 N–H and O–H groups in total. The molecule has 4 atom stereocenters. The molecule has 0 radical (unpaired) electrons. The number of nitrogens with zero attached hydrogens (tertiary/aromatic N) is 2. The molecule has 4 heterocycles. The zero-order valence-electron chi connectivity index (χ0n) is 34.0. The van der Waals surface area contributed by atoms with Crippen molar-refractivity contribution >= 4 is 39.0 Å². The van der Waals surface area contributed by atoms with Gasteiger partial charge in [-0.2, -0.15) is 0 Å². The number of para-hydroxylation sites is 6. The van der Waals surface area contributed by atoms with Gasteiger partial charge in [-0.15, -0.1) is 0 Å². The van der Waals surface area contributed by atoms with E-state index in [2.05, 4.69) is 32.7 Å². The fourth-order valence-electron chi connectivity index (χ4n) is 8.09. The molecule has 304 valence electrons.